The third-order valence-electron chi connectivity index (χ3n) is 3.91. The molecule has 1 saturated carbocycles. The number of aliphatic carboxylic acids is 1. The fraction of sp³-hybridized carbons (Fsp3) is 0.333. The Morgan fingerprint density at radius 2 is 2.05 bits per heavy atom. The van der Waals surface area contributed by atoms with Crippen LogP contribution in [0.2, 0.25) is 0 Å². The van der Waals surface area contributed by atoms with Crippen LogP contribution >= 0.6 is 15.9 Å². The maximum atomic E-state index is 12.2. The first-order chi connectivity index (χ1) is 9.91. The van der Waals surface area contributed by atoms with E-state index in [-0.39, 0.29) is 5.76 Å². The smallest absolute Gasteiger partial charge is 0.329 e. The topological polar surface area (TPSA) is 79.5 Å². The molecule has 2 aromatic rings. The van der Waals surface area contributed by atoms with Crippen molar-refractivity contribution in [1.82, 2.24) is 5.32 Å². The SMILES string of the molecule is Cc1cc(Br)c2oc(C(=O)NC3(C(=O)O)CCC3)cc2c1. The number of carbonyl (C=O) groups excluding carboxylic acids is 1. The number of hydrogen-bond donors (Lipinski definition) is 2. The minimum atomic E-state index is -1.14. The molecule has 3 rings (SSSR count). The monoisotopic (exact) mass is 351 g/mol. The number of rotatable bonds is 3. The summed E-state index contributed by atoms with van der Waals surface area (Å²) in [5.41, 5.74) is 0.496. The van der Waals surface area contributed by atoms with Gasteiger partial charge in [0.05, 0.1) is 4.47 Å². The van der Waals surface area contributed by atoms with Gasteiger partial charge in [-0.05, 0) is 65.9 Å². The molecule has 5 nitrogen and oxygen atoms in total. The summed E-state index contributed by atoms with van der Waals surface area (Å²) < 4.78 is 6.33. The van der Waals surface area contributed by atoms with E-state index in [1.807, 2.05) is 19.1 Å². The van der Waals surface area contributed by atoms with Crippen molar-refractivity contribution in [3.63, 3.8) is 0 Å². The van der Waals surface area contributed by atoms with Crippen molar-refractivity contribution in [1.29, 1.82) is 0 Å². The number of benzene rings is 1. The molecule has 1 amide bonds. The Hall–Kier alpha value is -1.82. The first-order valence-corrected chi connectivity index (χ1v) is 7.46. The van der Waals surface area contributed by atoms with Crippen LogP contribution in [0.5, 0.6) is 0 Å². The predicted molar refractivity (Wildman–Crippen MR) is 80.3 cm³/mol. The second kappa shape index (κ2) is 4.87. The highest BCUT2D eigenvalue weighted by molar-refractivity contribution is 9.10. The van der Waals surface area contributed by atoms with Crippen molar-refractivity contribution < 1.29 is 19.1 Å². The van der Waals surface area contributed by atoms with E-state index in [9.17, 15) is 14.7 Å². The highest BCUT2D eigenvalue weighted by Gasteiger charge is 2.46. The molecular weight excluding hydrogens is 338 g/mol. The van der Waals surface area contributed by atoms with E-state index in [4.69, 9.17) is 4.42 Å². The zero-order valence-corrected chi connectivity index (χ0v) is 13.0. The van der Waals surface area contributed by atoms with Crippen LogP contribution in [-0.4, -0.2) is 22.5 Å². The molecular formula is C15H14BrNO4. The molecule has 0 unspecified atom stereocenters. The Kier molecular flexibility index (Phi) is 3.28. The summed E-state index contributed by atoms with van der Waals surface area (Å²) in [4.78, 5) is 23.5. The maximum absolute atomic E-state index is 12.2. The van der Waals surface area contributed by atoms with Crippen LogP contribution < -0.4 is 5.32 Å². The van der Waals surface area contributed by atoms with Crippen molar-refractivity contribution in [3.8, 4) is 0 Å². The van der Waals surface area contributed by atoms with Crippen LogP contribution in [0.1, 0.15) is 35.4 Å². The van der Waals surface area contributed by atoms with Crippen LogP contribution in [-0.2, 0) is 4.79 Å². The summed E-state index contributed by atoms with van der Waals surface area (Å²) in [5.74, 6) is -1.35. The molecule has 1 fully saturated rings. The van der Waals surface area contributed by atoms with E-state index >= 15 is 0 Å². The van der Waals surface area contributed by atoms with Gasteiger partial charge >= 0.3 is 5.97 Å². The quantitative estimate of drug-likeness (QED) is 0.889. The van der Waals surface area contributed by atoms with E-state index in [0.29, 0.717) is 18.4 Å². The molecule has 1 aliphatic carbocycles. The van der Waals surface area contributed by atoms with Gasteiger partial charge < -0.3 is 14.8 Å². The molecule has 0 atom stereocenters. The standard InChI is InChI=1S/C15H14BrNO4/c1-8-5-9-7-11(21-12(9)10(16)6-8)13(18)17-15(14(19)20)3-2-4-15/h5-7H,2-4H2,1H3,(H,17,18)(H,19,20). The van der Waals surface area contributed by atoms with Gasteiger partial charge in [0, 0.05) is 5.39 Å². The summed E-state index contributed by atoms with van der Waals surface area (Å²) in [6.07, 6.45) is 1.71. The predicted octanol–water partition coefficient (Wildman–Crippen LogP) is 3.24. The molecule has 6 heteroatoms. The summed E-state index contributed by atoms with van der Waals surface area (Å²) in [6.45, 7) is 1.95. The van der Waals surface area contributed by atoms with Gasteiger partial charge in [-0.1, -0.05) is 0 Å². The Morgan fingerprint density at radius 3 is 2.62 bits per heavy atom. The van der Waals surface area contributed by atoms with E-state index in [1.54, 1.807) is 6.07 Å². The molecule has 2 N–H and O–H groups in total. The normalized spacial score (nSPS) is 16.5. The number of fused-ring (bicyclic) bond motifs is 1. The van der Waals surface area contributed by atoms with Gasteiger partial charge in [-0.15, -0.1) is 0 Å². The fourth-order valence-electron chi connectivity index (χ4n) is 2.56. The van der Waals surface area contributed by atoms with Crippen molar-refractivity contribution in [3.05, 3.63) is 34.0 Å². The van der Waals surface area contributed by atoms with E-state index in [1.165, 1.54) is 0 Å². The van der Waals surface area contributed by atoms with Crippen LogP contribution in [0, 0.1) is 6.92 Å². The molecule has 1 aromatic heterocycles. The van der Waals surface area contributed by atoms with Gasteiger partial charge in [0.1, 0.15) is 11.1 Å². The number of amides is 1. The van der Waals surface area contributed by atoms with E-state index < -0.39 is 17.4 Å². The van der Waals surface area contributed by atoms with Gasteiger partial charge in [0.25, 0.3) is 5.91 Å². The van der Waals surface area contributed by atoms with Crippen LogP contribution in [0.15, 0.2) is 27.1 Å². The summed E-state index contributed by atoms with van der Waals surface area (Å²) in [5, 5.41) is 12.7. The molecule has 0 aliphatic heterocycles. The molecule has 0 bridgehead atoms. The molecule has 110 valence electrons. The van der Waals surface area contributed by atoms with Gasteiger partial charge in [0.2, 0.25) is 0 Å². The molecule has 1 aliphatic rings. The second-order valence-electron chi connectivity index (χ2n) is 5.47. The third-order valence-corrected chi connectivity index (χ3v) is 4.50. The first-order valence-electron chi connectivity index (χ1n) is 6.67. The zero-order chi connectivity index (χ0) is 15.2. The lowest BCUT2D eigenvalue weighted by molar-refractivity contribution is -0.148. The van der Waals surface area contributed by atoms with Crippen molar-refractivity contribution >= 4 is 38.8 Å². The molecule has 0 saturated heterocycles. The Balaban J connectivity index is 1.92. The Bertz CT molecular complexity index is 745. The number of aryl methyl sites for hydroxylation is 1. The summed E-state index contributed by atoms with van der Waals surface area (Å²) >= 11 is 3.40. The van der Waals surface area contributed by atoms with Gasteiger partial charge in [-0.3, -0.25) is 4.79 Å². The average Bonchev–Trinajstić information content (AvgIpc) is 2.77. The van der Waals surface area contributed by atoms with E-state index in [2.05, 4.69) is 21.2 Å². The molecule has 0 spiro atoms. The number of carboxylic acids is 1. The van der Waals surface area contributed by atoms with Gasteiger partial charge in [-0.2, -0.15) is 0 Å². The Labute approximate surface area is 129 Å². The minimum Gasteiger partial charge on any atom is -0.480 e. The highest BCUT2D eigenvalue weighted by Crippen LogP contribution is 2.33. The zero-order valence-electron chi connectivity index (χ0n) is 11.4. The maximum Gasteiger partial charge on any atom is 0.329 e. The van der Waals surface area contributed by atoms with Crippen molar-refractivity contribution in [2.75, 3.05) is 0 Å². The lowest BCUT2D eigenvalue weighted by atomic mass is 9.76. The summed E-state index contributed by atoms with van der Waals surface area (Å²) in [7, 11) is 0. The second-order valence-corrected chi connectivity index (χ2v) is 6.33. The van der Waals surface area contributed by atoms with E-state index in [0.717, 1.165) is 21.8 Å². The average molecular weight is 352 g/mol. The fourth-order valence-corrected chi connectivity index (χ4v) is 3.24. The van der Waals surface area contributed by atoms with Crippen LogP contribution in [0.4, 0.5) is 0 Å². The Morgan fingerprint density at radius 1 is 1.33 bits per heavy atom. The number of furan rings is 1. The third kappa shape index (κ3) is 2.33. The number of carbonyl (C=O) groups is 2. The first kappa shape index (κ1) is 14.1. The van der Waals surface area contributed by atoms with Crippen molar-refractivity contribution in [2.45, 2.75) is 31.7 Å². The number of halogens is 1. The lowest BCUT2D eigenvalue weighted by Crippen LogP contribution is -2.59. The molecule has 21 heavy (non-hydrogen) atoms. The minimum absolute atomic E-state index is 0.129. The molecule has 1 aromatic carbocycles. The van der Waals surface area contributed by atoms with Gasteiger partial charge in [-0.25, -0.2) is 4.79 Å². The number of hydrogen-bond acceptors (Lipinski definition) is 3. The summed E-state index contributed by atoms with van der Waals surface area (Å²) in [6, 6.07) is 5.45. The van der Waals surface area contributed by atoms with Crippen molar-refractivity contribution in [2.24, 2.45) is 0 Å². The van der Waals surface area contributed by atoms with Gasteiger partial charge in [0.15, 0.2) is 5.76 Å². The highest BCUT2D eigenvalue weighted by atomic mass is 79.9. The number of nitrogens with one attached hydrogen (secondary N) is 1. The number of carboxylic acid groups (broad SMARTS) is 1. The van der Waals surface area contributed by atoms with Crippen LogP contribution in [0.3, 0.4) is 0 Å². The molecule has 0 radical (unpaired) electrons. The lowest BCUT2D eigenvalue weighted by Gasteiger charge is -2.37. The van der Waals surface area contributed by atoms with Crippen LogP contribution in [0.25, 0.3) is 11.0 Å². The largest absolute Gasteiger partial charge is 0.480 e. The molecule has 1 heterocycles.